The highest BCUT2D eigenvalue weighted by molar-refractivity contribution is 5.85. The van der Waals surface area contributed by atoms with Crippen LogP contribution in [0.15, 0.2) is 24.3 Å². The average Bonchev–Trinajstić information content (AvgIpc) is 2.58. The number of hydrogen-bond acceptors (Lipinski definition) is 4. The van der Waals surface area contributed by atoms with E-state index in [4.69, 9.17) is 4.74 Å². The maximum absolute atomic E-state index is 12.4. The highest BCUT2D eigenvalue weighted by Gasteiger charge is 2.27. The van der Waals surface area contributed by atoms with E-state index in [0.29, 0.717) is 19.3 Å². The molecule has 1 unspecified atom stereocenters. The molecule has 0 spiro atoms. The summed E-state index contributed by atoms with van der Waals surface area (Å²) in [4.78, 5) is 36.5. The molecule has 150 valence electrons. The minimum absolute atomic E-state index is 0.0868. The number of amides is 3. The minimum atomic E-state index is -0.647. The molecule has 0 aliphatic rings. The van der Waals surface area contributed by atoms with Crippen molar-refractivity contribution in [2.75, 3.05) is 12.4 Å². The topological polar surface area (TPSA) is 87.7 Å². The van der Waals surface area contributed by atoms with E-state index < -0.39 is 17.7 Å². The van der Waals surface area contributed by atoms with E-state index in [0.717, 1.165) is 11.3 Å². The van der Waals surface area contributed by atoms with E-state index in [9.17, 15) is 14.4 Å². The van der Waals surface area contributed by atoms with Gasteiger partial charge in [-0.05, 0) is 59.1 Å². The fraction of sp³-hybridized carbons (Fsp3) is 0.550. The van der Waals surface area contributed by atoms with Crippen LogP contribution in [0.5, 0.6) is 0 Å². The Morgan fingerprint density at radius 3 is 2.44 bits per heavy atom. The molecular weight excluding hydrogens is 346 g/mol. The third kappa shape index (κ3) is 7.68. The number of nitrogens with zero attached hydrogens (tertiary/aromatic N) is 1. The predicted octanol–water partition coefficient (Wildman–Crippen LogP) is 2.95. The van der Waals surface area contributed by atoms with Crippen molar-refractivity contribution in [1.82, 2.24) is 10.2 Å². The van der Waals surface area contributed by atoms with Crippen molar-refractivity contribution in [3.05, 3.63) is 29.8 Å². The fourth-order valence-corrected chi connectivity index (χ4v) is 2.42. The zero-order valence-corrected chi connectivity index (χ0v) is 17.0. The van der Waals surface area contributed by atoms with Crippen LogP contribution >= 0.6 is 0 Å². The Labute approximate surface area is 161 Å². The summed E-state index contributed by atoms with van der Waals surface area (Å²) in [7, 11) is 1.55. The first-order valence-corrected chi connectivity index (χ1v) is 9.09. The molecule has 27 heavy (non-hydrogen) atoms. The number of aryl methyl sites for hydroxylation is 1. The quantitative estimate of drug-likeness (QED) is 0.682. The summed E-state index contributed by atoms with van der Waals surface area (Å²) in [5, 5.41) is 5.60. The number of likely N-dealkylation sites (N-methyl/N-ethyl adjacent to an activating group) is 1. The van der Waals surface area contributed by atoms with Crippen molar-refractivity contribution in [3.63, 3.8) is 0 Å². The highest BCUT2D eigenvalue weighted by atomic mass is 16.6. The summed E-state index contributed by atoms with van der Waals surface area (Å²) in [6.07, 6.45) is 1.52. The molecule has 3 amide bonds. The molecule has 0 aliphatic carbocycles. The summed E-state index contributed by atoms with van der Waals surface area (Å²) in [6, 6.07) is 6.81. The maximum atomic E-state index is 12.4. The first-order chi connectivity index (χ1) is 12.5. The van der Waals surface area contributed by atoms with Crippen LogP contribution in [0.3, 0.4) is 0 Å². The SMILES string of the molecule is CC(CCc1ccccc1NC=O)NC(=O)[C@H](C)N(C)C(=O)OC(C)(C)C. The van der Waals surface area contributed by atoms with Crippen molar-refractivity contribution in [1.29, 1.82) is 0 Å². The molecule has 7 nitrogen and oxygen atoms in total. The van der Waals surface area contributed by atoms with Crippen LogP contribution in [-0.4, -0.2) is 48.0 Å². The van der Waals surface area contributed by atoms with E-state index in [1.54, 1.807) is 34.7 Å². The van der Waals surface area contributed by atoms with Crippen LogP contribution in [0.4, 0.5) is 10.5 Å². The molecule has 1 rings (SSSR count). The van der Waals surface area contributed by atoms with Crippen LogP contribution < -0.4 is 10.6 Å². The Hall–Kier alpha value is -2.57. The van der Waals surface area contributed by atoms with Gasteiger partial charge in [-0.25, -0.2) is 4.79 Å². The summed E-state index contributed by atoms with van der Waals surface area (Å²) in [5.41, 5.74) is 1.16. The van der Waals surface area contributed by atoms with E-state index >= 15 is 0 Å². The molecule has 0 fully saturated rings. The molecule has 1 aromatic rings. The number of anilines is 1. The monoisotopic (exact) mass is 377 g/mol. The Morgan fingerprint density at radius 1 is 1.22 bits per heavy atom. The number of benzene rings is 1. The molecule has 0 aromatic heterocycles. The molecule has 0 bridgehead atoms. The van der Waals surface area contributed by atoms with Crippen molar-refractivity contribution in [2.45, 2.75) is 65.1 Å². The number of para-hydroxylation sites is 1. The van der Waals surface area contributed by atoms with Crippen molar-refractivity contribution in [3.8, 4) is 0 Å². The zero-order valence-electron chi connectivity index (χ0n) is 17.0. The van der Waals surface area contributed by atoms with E-state index in [1.165, 1.54) is 4.90 Å². The highest BCUT2D eigenvalue weighted by Crippen LogP contribution is 2.17. The van der Waals surface area contributed by atoms with Gasteiger partial charge in [-0.3, -0.25) is 14.5 Å². The molecule has 7 heteroatoms. The van der Waals surface area contributed by atoms with E-state index in [-0.39, 0.29) is 11.9 Å². The minimum Gasteiger partial charge on any atom is -0.444 e. The van der Waals surface area contributed by atoms with Crippen LogP contribution in [-0.2, 0) is 20.7 Å². The van der Waals surface area contributed by atoms with Crippen LogP contribution in [0.1, 0.15) is 46.6 Å². The number of ether oxygens (including phenoxy) is 1. The Morgan fingerprint density at radius 2 is 1.85 bits per heavy atom. The van der Waals surface area contributed by atoms with Gasteiger partial charge in [0.1, 0.15) is 11.6 Å². The molecule has 0 aliphatic heterocycles. The van der Waals surface area contributed by atoms with E-state index in [2.05, 4.69) is 10.6 Å². The lowest BCUT2D eigenvalue weighted by Crippen LogP contribution is -2.49. The summed E-state index contributed by atoms with van der Waals surface area (Å²) in [6.45, 7) is 8.91. The second-order valence-electron chi connectivity index (χ2n) is 7.63. The standard InChI is InChI=1S/C20H31N3O4/c1-14(11-12-16-9-7-8-10-17(16)21-13-24)22-18(25)15(2)23(6)19(26)27-20(3,4)5/h7-10,13-15H,11-12H2,1-6H3,(H,21,24)(H,22,25)/t14?,15-/m0/s1. The Kier molecular flexibility index (Phi) is 8.28. The van der Waals surface area contributed by atoms with E-state index in [1.807, 2.05) is 31.2 Å². The molecule has 2 N–H and O–H groups in total. The number of nitrogens with one attached hydrogen (secondary N) is 2. The van der Waals surface area contributed by atoms with Gasteiger partial charge in [0.25, 0.3) is 0 Å². The van der Waals surface area contributed by atoms with Crippen molar-refractivity contribution >= 4 is 24.1 Å². The summed E-state index contributed by atoms with van der Waals surface area (Å²) < 4.78 is 5.29. The molecule has 2 atom stereocenters. The number of rotatable bonds is 8. The molecular formula is C20H31N3O4. The lowest BCUT2D eigenvalue weighted by atomic mass is 10.0. The van der Waals surface area contributed by atoms with Gasteiger partial charge in [-0.2, -0.15) is 0 Å². The van der Waals surface area contributed by atoms with Gasteiger partial charge >= 0.3 is 6.09 Å². The first kappa shape index (κ1) is 22.5. The number of carbonyl (C=O) groups is 3. The third-order valence-corrected chi connectivity index (χ3v) is 4.11. The van der Waals surface area contributed by atoms with Crippen LogP contribution in [0.25, 0.3) is 0 Å². The number of carbonyl (C=O) groups excluding carboxylic acids is 3. The lowest BCUT2D eigenvalue weighted by molar-refractivity contribution is -0.126. The zero-order chi connectivity index (χ0) is 20.6. The predicted molar refractivity (Wildman–Crippen MR) is 106 cm³/mol. The van der Waals surface area contributed by atoms with Gasteiger partial charge in [-0.15, -0.1) is 0 Å². The smallest absolute Gasteiger partial charge is 0.410 e. The van der Waals surface area contributed by atoms with Gasteiger partial charge in [-0.1, -0.05) is 18.2 Å². The second kappa shape index (κ2) is 9.94. The van der Waals surface area contributed by atoms with Crippen LogP contribution in [0.2, 0.25) is 0 Å². The molecule has 1 aromatic carbocycles. The van der Waals surface area contributed by atoms with Crippen molar-refractivity contribution < 1.29 is 19.1 Å². The van der Waals surface area contributed by atoms with Gasteiger partial charge in [0.15, 0.2) is 0 Å². The third-order valence-electron chi connectivity index (χ3n) is 4.11. The normalized spacial score (nSPS) is 13.3. The Bertz CT molecular complexity index is 655. The van der Waals surface area contributed by atoms with Crippen molar-refractivity contribution in [2.24, 2.45) is 0 Å². The molecule has 0 heterocycles. The molecule has 0 radical (unpaired) electrons. The first-order valence-electron chi connectivity index (χ1n) is 9.09. The van der Waals surface area contributed by atoms with Gasteiger partial charge in [0.05, 0.1) is 0 Å². The number of hydrogen-bond donors (Lipinski definition) is 2. The average molecular weight is 377 g/mol. The summed E-state index contributed by atoms with van der Waals surface area (Å²) >= 11 is 0. The second-order valence-corrected chi connectivity index (χ2v) is 7.63. The largest absolute Gasteiger partial charge is 0.444 e. The maximum Gasteiger partial charge on any atom is 0.410 e. The van der Waals surface area contributed by atoms with Crippen LogP contribution in [0, 0.1) is 0 Å². The van der Waals surface area contributed by atoms with Gasteiger partial charge in [0.2, 0.25) is 12.3 Å². The Balaban J connectivity index is 2.56. The van der Waals surface area contributed by atoms with Gasteiger partial charge in [0, 0.05) is 18.8 Å². The van der Waals surface area contributed by atoms with Gasteiger partial charge < -0.3 is 15.4 Å². The lowest BCUT2D eigenvalue weighted by Gasteiger charge is -2.28. The summed E-state index contributed by atoms with van der Waals surface area (Å²) in [5.74, 6) is -0.241. The fourth-order valence-electron chi connectivity index (χ4n) is 2.42. The molecule has 0 saturated carbocycles. The molecule has 0 saturated heterocycles.